The van der Waals surface area contributed by atoms with Crippen molar-refractivity contribution in [1.82, 2.24) is 25.7 Å². The number of carbonyl (C=O) groups is 3. The summed E-state index contributed by atoms with van der Waals surface area (Å²) < 4.78 is 18.1. The number of unbranched alkanes of at least 4 members (excludes halogenated alkanes) is 1. The van der Waals surface area contributed by atoms with E-state index in [2.05, 4.69) is 36.3 Å². The smallest absolute Gasteiger partial charge is 0.259 e. The van der Waals surface area contributed by atoms with Crippen LogP contribution in [0.4, 0.5) is 15.3 Å². The summed E-state index contributed by atoms with van der Waals surface area (Å²) in [5.74, 6) is -0.700. The highest BCUT2D eigenvalue weighted by Gasteiger charge is 2.24. The molecule has 4 aromatic rings. The molecule has 0 aliphatic heterocycles. The van der Waals surface area contributed by atoms with Crippen molar-refractivity contribution in [3.63, 3.8) is 0 Å². The van der Waals surface area contributed by atoms with Gasteiger partial charge in [-0.05, 0) is 55.0 Å². The molecule has 0 saturated carbocycles. The maximum absolute atomic E-state index is 12.8. The number of nitrogens with one attached hydrogen (secondary N) is 3. The first-order chi connectivity index (χ1) is 22.6. The molecule has 2 atom stereocenters. The molecule has 0 fully saturated rings. The summed E-state index contributed by atoms with van der Waals surface area (Å²) >= 11 is 1.33. The van der Waals surface area contributed by atoms with E-state index in [1.807, 2.05) is 36.4 Å². The van der Waals surface area contributed by atoms with Gasteiger partial charge in [0, 0.05) is 20.1 Å². The number of anilines is 2. The van der Waals surface area contributed by atoms with Crippen molar-refractivity contribution in [2.75, 3.05) is 24.4 Å². The summed E-state index contributed by atoms with van der Waals surface area (Å²) in [6, 6.07) is 19.9. The van der Waals surface area contributed by atoms with Crippen LogP contribution in [0.15, 0.2) is 66.7 Å². The van der Waals surface area contributed by atoms with Gasteiger partial charge in [-0.3, -0.25) is 19.7 Å². The average molecular weight is 664 g/mol. The van der Waals surface area contributed by atoms with Crippen LogP contribution in [0.25, 0.3) is 0 Å². The zero-order valence-electron chi connectivity index (χ0n) is 26.2. The monoisotopic (exact) mass is 663 g/mol. The van der Waals surface area contributed by atoms with Crippen LogP contribution >= 0.6 is 11.3 Å². The number of amides is 3. The van der Waals surface area contributed by atoms with Crippen LogP contribution in [-0.4, -0.2) is 62.6 Å². The van der Waals surface area contributed by atoms with Gasteiger partial charge in [-0.1, -0.05) is 65.9 Å². The molecular weight excluding hydrogens is 625 g/mol. The number of ether oxygens (including phenoxy) is 1. The molecule has 0 radical (unpaired) electrons. The number of alkyl halides is 1. The largest absolute Gasteiger partial charge is 0.387 e. The predicted octanol–water partition coefficient (Wildman–Crippen LogP) is 4.13. The molecule has 12 nitrogen and oxygen atoms in total. The van der Waals surface area contributed by atoms with Crippen LogP contribution < -0.4 is 16.0 Å². The predicted molar refractivity (Wildman–Crippen MR) is 175 cm³/mol. The Hall–Kier alpha value is -4.66. The number of aliphatic hydroxyl groups is 1. The molecule has 248 valence electrons. The van der Waals surface area contributed by atoms with Gasteiger partial charge in [0.2, 0.25) is 16.9 Å². The Morgan fingerprint density at radius 1 is 0.915 bits per heavy atom. The molecule has 47 heavy (non-hydrogen) atoms. The normalized spacial score (nSPS) is 12.9. The Kier molecular flexibility index (Phi) is 13.0. The van der Waals surface area contributed by atoms with Crippen LogP contribution in [0.5, 0.6) is 0 Å². The number of aromatic nitrogens is 4. The van der Waals surface area contributed by atoms with Crippen molar-refractivity contribution in [2.45, 2.75) is 63.7 Å². The Balaban J connectivity index is 1.16. The maximum atomic E-state index is 12.8. The highest BCUT2D eigenvalue weighted by molar-refractivity contribution is 7.15. The van der Waals surface area contributed by atoms with E-state index >= 15 is 0 Å². The summed E-state index contributed by atoms with van der Waals surface area (Å²) in [5.41, 5.74) is 1.36. The average Bonchev–Trinajstić information content (AvgIpc) is 3.50. The first kappa shape index (κ1) is 35.2. The fourth-order valence-electron chi connectivity index (χ4n) is 4.62. The minimum absolute atomic E-state index is 0.0960. The number of carbonyl (C=O) groups excluding carboxylic acids is 3. The first-order valence-electron chi connectivity index (χ1n) is 15.1. The van der Waals surface area contributed by atoms with E-state index in [9.17, 15) is 23.9 Å². The van der Waals surface area contributed by atoms with E-state index < -0.39 is 24.3 Å². The second-order valence-corrected chi connectivity index (χ2v) is 12.3. The van der Waals surface area contributed by atoms with Gasteiger partial charge in [-0.2, -0.15) is 5.10 Å². The fraction of sp³-hybridized carbons (Fsp3) is 0.364. The van der Waals surface area contributed by atoms with Gasteiger partial charge in [-0.15, -0.1) is 15.3 Å². The summed E-state index contributed by atoms with van der Waals surface area (Å²) in [6.07, 6.45) is 2.10. The van der Waals surface area contributed by atoms with Crippen molar-refractivity contribution in [3.8, 4) is 0 Å². The number of rotatable bonds is 17. The minimum Gasteiger partial charge on any atom is -0.387 e. The van der Waals surface area contributed by atoms with E-state index in [1.165, 1.54) is 25.4 Å². The first-order valence-corrected chi connectivity index (χ1v) is 15.9. The van der Waals surface area contributed by atoms with Gasteiger partial charge in [0.1, 0.15) is 11.7 Å². The molecular formula is C33H38FN7O5S. The third kappa shape index (κ3) is 11.6. The molecule has 4 rings (SSSR count). The Morgan fingerprint density at radius 2 is 1.68 bits per heavy atom. The Morgan fingerprint density at radius 3 is 2.40 bits per heavy atom. The molecule has 0 bridgehead atoms. The van der Waals surface area contributed by atoms with Crippen molar-refractivity contribution < 1.29 is 28.6 Å². The fourth-order valence-corrected chi connectivity index (χ4v) is 5.40. The molecule has 2 heterocycles. The van der Waals surface area contributed by atoms with E-state index in [0.29, 0.717) is 23.8 Å². The number of benzene rings is 2. The van der Waals surface area contributed by atoms with Crippen LogP contribution in [0, 0.1) is 0 Å². The molecule has 2 aromatic carbocycles. The maximum Gasteiger partial charge on any atom is 0.259 e. The number of halogens is 1. The van der Waals surface area contributed by atoms with Crippen molar-refractivity contribution in [1.29, 1.82) is 0 Å². The van der Waals surface area contributed by atoms with Gasteiger partial charge in [0.15, 0.2) is 11.9 Å². The third-order valence-electron chi connectivity index (χ3n) is 7.01. The second kappa shape index (κ2) is 17.3. The molecule has 0 spiro atoms. The van der Waals surface area contributed by atoms with Crippen molar-refractivity contribution >= 4 is 40.0 Å². The highest BCUT2D eigenvalue weighted by atomic mass is 32.1. The van der Waals surface area contributed by atoms with E-state index in [-0.39, 0.29) is 31.2 Å². The van der Waals surface area contributed by atoms with Crippen LogP contribution in [0.2, 0.25) is 0 Å². The van der Waals surface area contributed by atoms with Crippen LogP contribution in [-0.2, 0) is 44.9 Å². The summed E-state index contributed by atoms with van der Waals surface area (Å²) in [5, 5.41) is 35.8. The Bertz CT molecular complexity index is 1620. The molecule has 0 saturated heterocycles. The quantitative estimate of drug-likeness (QED) is 0.121. The molecule has 0 aliphatic rings. The van der Waals surface area contributed by atoms with Crippen molar-refractivity contribution in [2.24, 2.45) is 0 Å². The van der Waals surface area contributed by atoms with Crippen LogP contribution in [0.3, 0.4) is 0 Å². The Labute approximate surface area is 276 Å². The molecule has 2 aromatic heterocycles. The topological polar surface area (TPSA) is 168 Å². The summed E-state index contributed by atoms with van der Waals surface area (Å²) in [7, 11) is 1.49. The number of hydrogen-bond donors (Lipinski definition) is 4. The van der Waals surface area contributed by atoms with Gasteiger partial charge >= 0.3 is 0 Å². The number of aryl methyl sites for hydroxylation is 2. The molecule has 0 aliphatic carbocycles. The number of methoxy groups -OCH3 is 1. The second-order valence-electron chi connectivity index (χ2n) is 11.3. The van der Waals surface area contributed by atoms with E-state index in [1.54, 1.807) is 30.3 Å². The molecule has 2 unspecified atom stereocenters. The zero-order valence-corrected chi connectivity index (χ0v) is 27.1. The third-order valence-corrected chi connectivity index (χ3v) is 7.91. The van der Waals surface area contributed by atoms with Crippen molar-refractivity contribution in [3.05, 3.63) is 94.1 Å². The standard InChI is InChI=1S/C33H38FN7O5S/c1-33(45,21-34)19-28(43)35-20-23-10-8-9-22(17-23)18-27(42)36-26-16-15-25(38-39-26)13-6-7-14-29-40-41-32(47-29)37-31(44)30(46-2)24-11-4-3-5-12-24/h3-5,8-12,15-17,30,45H,6-7,13-14,18-21H2,1-2H3,(H,35,43)(H,36,39,42)(H,37,41,44). The minimum atomic E-state index is -1.70. The summed E-state index contributed by atoms with van der Waals surface area (Å²) in [6.45, 7) is 0.440. The molecule has 4 N–H and O–H groups in total. The summed E-state index contributed by atoms with van der Waals surface area (Å²) in [4.78, 5) is 37.2. The lowest BCUT2D eigenvalue weighted by molar-refractivity contribution is -0.127. The van der Waals surface area contributed by atoms with E-state index in [4.69, 9.17) is 4.74 Å². The SMILES string of the molecule is COC(C(=O)Nc1nnc(CCCCc2ccc(NC(=O)Cc3cccc(CNC(=O)CC(C)(O)CF)c3)nn2)s1)c1ccccc1. The molecule has 3 amide bonds. The number of hydrogen-bond acceptors (Lipinski definition) is 10. The number of nitrogens with zero attached hydrogens (tertiary/aromatic N) is 4. The van der Waals surface area contributed by atoms with Gasteiger partial charge in [-0.25, -0.2) is 4.39 Å². The highest BCUT2D eigenvalue weighted by Crippen LogP contribution is 2.22. The van der Waals surface area contributed by atoms with Gasteiger partial charge in [0.05, 0.1) is 24.1 Å². The van der Waals surface area contributed by atoms with Gasteiger partial charge < -0.3 is 20.5 Å². The lowest BCUT2D eigenvalue weighted by Gasteiger charge is -2.18. The van der Waals surface area contributed by atoms with E-state index in [0.717, 1.165) is 40.2 Å². The molecule has 14 heteroatoms. The lowest BCUT2D eigenvalue weighted by Crippen LogP contribution is -2.35. The zero-order chi connectivity index (χ0) is 33.6. The van der Waals surface area contributed by atoms with Crippen LogP contribution in [0.1, 0.15) is 59.7 Å². The lowest BCUT2D eigenvalue weighted by atomic mass is 10.0. The van der Waals surface area contributed by atoms with Gasteiger partial charge in [0.25, 0.3) is 5.91 Å².